The van der Waals surface area contributed by atoms with Crippen molar-refractivity contribution in [1.29, 1.82) is 0 Å². The van der Waals surface area contributed by atoms with Crippen molar-refractivity contribution in [1.82, 2.24) is 14.7 Å². The summed E-state index contributed by atoms with van der Waals surface area (Å²) in [6, 6.07) is 0. The smallest absolute Gasteiger partial charge is 0.0736 e. The molecule has 3 aliphatic rings. The Morgan fingerprint density at radius 1 is 1.14 bits per heavy atom. The highest BCUT2D eigenvalue weighted by molar-refractivity contribution is 5.25. The summed E-state index contributed by atoms with van der Waals surface area (Å²) in [6.45, 7) is 5.41. The van der Waals surface area contributed by atoms with Crippen LogP contribution in [0.3, 0.4) is 0 Å². The Hall–Kier alpha value is -0.870. The van der Waals surface area contributed by atoms with Crippen LogP contribution in [0.15, 0.2) is 6.20 Å². The molecule has 0 N–H and O–H groups in total. The van der Waals surface area contributed by atoms with E-state index in [1.165, 1.54) is 56.3 Å². The van der Waals surface area contributed by atoms with Gasteiger partial charge in [-0.25, -0.2) is 0 Å². The van der Waals surface area contributed by atoms with Gasteiger partial charge in [0, 0.05) is 51.0 Å². The highest BCUT2D eigenvalue weighted by atomic mass is 16.5. The van der Waals surface area contributed by atoms with Crippen LogP contribution in [0.25, 0.3) is 0 Å². The molecule has 0 spiro atoms. The summed E-state index contributed by atoms with van der Waals surface area (Å²) in [4.78, 5) is 2.63. The minimum absolute atomic E-state index is 0.456. The Labute approximate surface area is 133 Å². The Morgan fingerprint density at radius 2 is 1.91 bits per heavy atom. The molecule has 2 saturated carbocycles. The molecule has 4 heteroatoms. The maximum absolute atomic E-state index is 5.47. The topological polar surface area (TPSA) is 30.3 Å². The molecule has 2 heterocycles. The lowest BCUT2D eigenvalue weighted by Gasteiger charge is -2.31. The number of ether oxygens (including phenoxy) is 1. The highest BCUT2D eigenvalue weighted by Gasteiger charge is 2.32. The van der Waals surface area contributed by atoms with Gasteiger partial charge in [0.25, 0.3) is 0 Å². The van der Waals surface area contributed by atoms with Crippen LogP contribution in [-0.4, -0.2) is 41.5 Å². The number of fused-ring (bicyclic) bond motifs is 1. The molecule has 1 aromatic rings. The number of nitrogens with zero attached hydrogens (tertiary/aromatic N) is 3. The van der Waals surface area contributed by atoms with E-state index < -0.39 is 0 Å². The molecule has 1 aliphatic heterocycles. The molecule has 22 heavy (non-hydrogen) atoms. The molecule has 2 aliphatic carbocycles. The number of methoxy groups -OCH3 is 1. The molecule has 4 nitrogen and oxygen atoms in total. The monoisotopic (exact) mass is 303 g/mol. The lowest BCUT2D eigenvalue weighted by atomic mass is 9.97. The third-order valence-electron chi connectivity index (χ3n) is 5.63. The highest BCUT2D eigenvalue weighted by Crippen LogP contribution is 2.34. The molecule has 0 radical (unpaired) electrons. The van der Waals surface area contributed by atoms with Gasteiger partial charge < -0.3 is 4.74 Å². The largest absolute Gasteiger partial charge is 0.384 e. The molecular formula is C18H29N3O. The number of aromatic nitrogens is 2. The quantitative estimate of drug-likeness (QED) is 0.809. The van der Waals surface area contributed by atoms with Crippen molar-refractivity contribution >= 4 is 0 Å². The van der Waals surface area contributed by atoms with Gasteiger partial charge in [0.1, 0.15) is 0 Å². The van der Waals surface area contributed by atoms with E-state index in [-0.39, 0.29) is 0 Å². The molecule has 1 atom stereocenters. The van der Waals surface area contributed by atoms with E-state index in [4.69, 9.17) is 9.84 Å². The molecule has 1 aromatic heterocycles. The van der Waals surface area contributed by atoms with Crippen molar-refractivity contribution in [3.8, 4) is 0 Å². The Balaban J connectivity index is 1.49. The molecule has 4 rings (SSSR count). The van der Waals surface area contributed by atoms with Gasteiger partial charge in [0.05, 0.1) is 12.3 Å². The zero-order chi connectivity index (χ0) is 14.9. The normalized spacial score (nSPS) is 26.5. The fourth-order valence-corrected chi connectivity index (χ4v) is 4.34. The molecule has 1 unspecified atom stereocenters. The lowest BCUT2D eigenvalue weighted by molar-refractivity contribution is 0.135. The van der Waals surface area contributed by atoms with E-state index in [1.54, 1.807) is 0 Å². The molecule has 0 aromatic carbocycles. The minimum Gasteiger partial charge on any atom is -0.384 e. The van der Waals surface area contributed by atoms with Gasteiger partial charge in [-0.15, -0.1) is 0 Å². The summed E-state index contributed by atoms with van der Waals surface area (Å²) < 4.78 is 7.71. The molecular weight excluding hydrogens is 274 g/mol. The second-order valence-electron chi connectivity index (χ2n) is 7.70. The SMILES string of the molecule is COCC1CN(CC2CC2)Cc2cn(CC3CCCC3)nc21. The van der Waals surface area contributed by atoms with Crippen LogP contribution in [0.5, 0.6) is 0 Å². The number of rotatable bonds is 6. The average Bonchev–Trinajstić information content (AvgIpc) is 2.99. The first kappa shape index (κ1) is 14.7. The fraction of sp³-hybridized carbons (Fsp3) is 0.833. The summed E-state index contributed by atoms with van der Waals surface area (Å²) in [5.74, 6) is 2.26. The summed E-state index contributed by atoms with van der Waals surface area (Å²) in [6.07, 6.45) is 10.8. The lowest BCUT2D eigenvalue weighted by Crippen LogP contribution is -2.36. The van der Waals surface area contributed by atoms with Crippen LogP contribution in [0.2, 0.25) is 0 Å². The zero-order valence-corrected chi connectivity index (χ0v) is 13.8. The first-order valence-corrected chi connectivity index (χ1v) is 9.09. The van der Waals surface area contributed by atoms with E-state index in [1.807, 2.05) is 7.11 Å². The maximum Gasteiger partial charge on any atom is 0.0736 e. The Morgan fingerprint density at radius 3 is 2.64 bits per heavy atom. The molecule has 0 bridgehead atoms. The molecule has 0 amide bonds. The fourth-order valence-electron chi connectivity index (χ4n) is 4.34. The van der Waals surface area contributed by atoms with Crippen LogP contribution in [0, 0.1) is 11.8 Å². The maximum atomic E-state index is 5.47. The zero-order valence-electron chi connectivity index (χ0n) is 13.8. The van der Waals surface area contributed by atoms with Crippen molar-refractivity contribution in [2.75, 3.05) is 26.8 Å². The predicted octanol–water partition coefficient (Wildman–Crippen LogP) is 3.03. The van der Waals surface area contributed by atoms with Gasteiger partial charge in [0.2, 0.25) is 0 Å². The van der Waals surface area contributed by atoms with E-state index >= 15 is 0 Å². The van der Waals surface area contributed by atoms with E-state index in [9.17, 15) is 0 Å². The van der Waals surface area contributed by atoms with Crippen LogP contribution >= 0.6 is 0 Å². The standard InChI is InChI=1S/C18H29N3O/c1-22-13-17-11-20(8-15-6-7-15)10-16-12-21(19-18(16)17)9-14-4-2-3-5-14/h12,14-15,17H,2-11,13H2,1H3. The first-order chi connectivity index (χ1) is 10.8. The van der Waals surface area contributed by atoms with Crippen molar-refractivity contribution < 1.29 is 4.74 Å². The van der Waals surface area contributed by atoms with Crippen LogP contribution in [-0.2, 0) is 17.8 Å². The first-order valence-electron chi connectivity index (χ1n) is 9.09. The van der Waals surface area contributed by atoms with Gasteiger partial charge in [-0.05, 0) is 37.5 Å². The Bertz CT molecular complexity index is 502. The van der Waals surface area contributed by atoms with E-state index in [2.05, 4.69) is 15.8 Å². The van der Waals surface area contributed by atoms with Gasteiger partial charge in [-0.1, -0.05) is 12.8 Å². The third kappa shape index (κ3) is 3.23. The van der Waals surface area contributed by atoms with Gasteiger partial charge in [0.15, 0.2) is 0 Å². The average molecular weight is 303 g/mol. The molecule has 2 fully saturated rings. The van der Waals surface area contributed by atoms with E-state index in [0.29, 0.717) is 5.92 Å². The van der Waals surface area contributed by atoms with Crippen molar-refractivity contribution in [3.05, 3.63) is 17.5 Å². The second-order valence-corrected chi connectivity index (χ2v) is 7.70. The van der Waals surface area contributed by atoms with Gasteiger partial charge >= 0.3 is 0 Å². The summed E-state index contributed by atoms with van der Waals surface area (Å²) in [5.41, 5.74) is 2.76. The second kappa shape index (κ2) is 6.32. The third-order valence-corrected chi connectivity index (χ3v) is 5.63. The Kier molecular flexibility index (Phi) is 4.23. The molecule has 122 valence electrons. The van der Waals surface area contributed by atoms with Gasteiger partial charge in [-0.3, -0.25) is 9.58 Å². The van der Waals surface area contributed by atoms with Crippen LogP contribution in [0.4, 0.5) is 0 Å². The summed E-state index contributed by atoms with van der Waals surface area (Å²) >= 11 is 0. The minimum atomic E-state index is 0.456. The summed E-state index contributed by atoms with van der Waals surface area (Å²) in [5, 5.41) is 4.95. The van der Waals surface area contributed by atoms with E-state index in [0.717, 1.165) is 38.1 Å². The summed E-state index contributed by atoms with van der Waals surface area (Å²) in [7, 11) is 1.81. The number of hydrogen-bond donors (Lipinski definition) is 0. The van der Waals surface area contributed by atoms with Crippen molar-refractivity contribution in [3.63, 3.8) is 0 Å². The van der Waals surface area contributed by atoms with Crippen molar-refractivity contribution in [2.45, 2.75) is 57.5 Å². The predicted molar refractivity (Wildman–Crippen MR) is 86.8 cm³/mol. The van der Waals surface area contributed by atoms with Gasteiger partial charge in [-0.2, -0.15) is 5.10 Å². The number of hydrogen-bond acceptors (Lipinski definition) is 3. The van der Waals surface area contributed by atoms with Crippen LogP contribution < -0.4 is 0 Å². The van der Waals surface area contributed by atoms with Crippen LogP contribution in [0.1, 0.15) is 55.7 Å². The molecule has 0 saturated heterocycles. The van der Waals surface area contributed by atoms with Crippen molar-refractivity contribution in [2.24, 2.45) is 11.8 Å².